The summed E-state index contributed by atoms with van der Waals surface area (Å²) in [6.45, 7) is 5.50. The van der Waals surface area contributed by atoms with Gasteiger partial charge in [0.15, 0.2) is 11.5 Å². The van der Waals surface area contributed by atoms with E-state index in [0.29, 0.717) is 50.8 Å². The topological polar surface area (TPSA) is 75.1 Å². The quantitative estimate of drug-likeness (QED) is 0.466. The molecule has 0 aliphatic heterocycles. The van der Waals surface area contributed by atoms with Crippen LogP contribution < -0.4 is 4.89 Å². The maximum absolute atomic E-state index is 13.4. The Labute approximate surface area is 170 Å². The number of H-pyrrole nitrogens is 1. The van der Waals surface area contributed by atoms with Crippen LogP contribution in [0.3, 0.4) is 0 Å². The number of carbonyl (C=O) groups excluding carboxylic acids is 1. The van der Waals surface area contributed by atoms with Crippen LogP contribution in [0.1, 0.15) is 59.1 Å². The minimum Gasteiger partial charge on any atom is -0.357 e. The number of aromatic amines is 1. The molecule has 0 saturated carbocycles. The highest BCUT2D eigenvalue weighted by Crippen LogP contribution is 2.45. The lowest BCUT2D eigenvalue weighted by atomic mass is 9.70. The molecule has 3 aromatic rings. The summed E-state index contributed by atoms with van der Waals surface area (Å²) in [5, 5.41) is 9.86. The van der Waals surface area contributed by atoms with Crippen LogP contribution in [-0.2, 0) is 16.7 Å². The first-order chi connectivity index (χ1) is 14.1. The third-order valence-electron chi connectivity index (χ3n) is 5.51. The van der Waals surface area contributed by atoms with Gasteiger partial charge in [0.2, 0.25) is 0 Å². The van der Waals surface area contributed by atoms with E-state index >= 15 is 0 Å². The zero-order chi connectivity index (χ0) is 21.8. The lowest BCUT2D eigenvalue weighted by Crippen LogP contribution is -2.30. The second-order valence-corrected chi connectivity index (χ2v) is 7.67. The van der Waals surface area contributed by atoms with Crippen molar-refractivity contribution in [1.29, 1.82) is 5.26 Å². The zero-order valence-corrected chi connectivity index (χ0v) is 16.4. The van der Waals surface area contributed by atoms with Gasteiger partial charge in [-0.3, -0.25) is 4.79 Å². The molecule has 0 saturated heterocycles. The number of benzene rings is 2. The van der Waals surface area contributed by atoms with Crippen molar-refractivity contribution in [2.24, 2.45) is 0 Å². The molecule has 0 spiro atoms. The van der Waals surface area contributed by atoms with Gasteiger partial charge in [-0.15, -0.1) is 13.2 Å². The van der Waals surface area contributed by atoms with Crippen LogP contribution in [0.15, 0.2) is 30.3 Å². The number of carbonyl (C=O) groups is 1. The second kappa shape index (κ2) is 6.61. The molecule has 0 bridgehead atoms. The second-order valence-electron chi connectivity index (χ2n) is 7.67. The van der Waals surface area contributed by atoms with Crippen LogP contribution >= 0.6 is 0 Å². The van der Waals surface area contributed by atoms with Gasteiger partial charge in [0.25, 0.3) is 0 Å². The van der Waals surface area contributed by atoms with Crippen molar-refractivity contribution in [2.45, 2.75) is 39.0 Å². The van der Waals surface area contributed by atoms with Gasteiger partial charge in [0.05, 0.1) is 17.2 Å². The van der Waals surface area contributed by atoms with Gasteiger partial charge in [-0.25, -0.2) is 0 Å². The van der Waals surface area contributed by atoms with Crippen molar-refractivity contribution in [3.8, 4) is 11.8 Å². The van der Waals surface area contributed by atoms with Crippen molar-refractivity contribution in [3.05, 3.63) is 63.8 Å². The Morgan fingerprint density at radius 3 is 2.57 bits per heavy atom. The Morgan fingerprint density at radius 2 is 1.93 bits per heavy atom. The zero-order valence-electron chi connectivity index (χ0n) is 16.4. The highest BCUT2D eigenvalue weighted by Gasteiger charge is 2.41. The minimum atomic E-state index is -4.95. The van der Waals surface area contributed by atoms with Gasteiger partial charge in [-0.05, 0) is 41.8 Å². The number of nitriles is 1. The summed E-state index contributed by atoms with van der Waals surface area (Å²) in [5.41, 5.74) is 2.90. The van der Waals surface area contributed by atoms with E-state index in [1.54, 1.807) is 31.2 Å². The van der Waals surface area contributed by atoms with Crippen LogP contribution in [0.2, 0.25) is 0 Å². The maximum Gasteiger partial charge on any atom is 0.558 e. The lowest BCUT2D eigenvalue weighted by Gasteiger charge is -2.32. The first-order valence-corrected chi connectivity index (χ1v) is 9.27. The SMILES string of the molecule is CCc1cc2c(cc1OOC(F)(F)F)C(C)(C)c1[nH]c3cc(C#N)ccc3c1C2=O. The summed E-state index contributed by atoms with van der Waals surface area (Å²) in [5.74, 6) is -0.311. The largest absolute Gasteiger partial charge is 0.558 e. The molecule has 5 nitrogen and oxygen atoms in total. The van der Waals surface area contributed by atoms with Gasteiger partial charge >= 0.3 is 6.36 Å². The molecule has 154 valence electrons. The third-order valence-corrected chi connectivity index (χ3v) is 5.51. The lowest BCUT2D eigenvalue weighted by molar-refractivity contribution is -0.445. The van der Waals surface area contributed by atoms with Gasteiger partial charge in [0, 0.05) is 27.6 Å². The van der Waals surface area contributed by atoms with Crippen molar-refractivity contribution < 1.29 is 27.7 Å². The molecule has 4 rings (SSSR count). The number of nitrogens with one attached hydrogen (secondary N) is 1. The van der Waals surface area contributed by atoms with Crippen LogP contribution in [0.4, 0.5) is 13.2 Å². The van der Waals surface area contributed by atoms with Gasteiger partial charge in [-0.2, -0.15) is 5.26 Å². The predicted molar refractivity (Wildman–Crippen MR) is 102 cm³/mol. The summed E-state index contributed by atoms with van der Waals surface area (Å²) in [7, 11) is 0. The number of alkyl halides is 3. The fraction of sp³-hybridized carbons (Fsp3) is 0.273. The number of nitrogens with zero attached hydrogens (tertiary/aromatic N) is 1. The van der Waals surface area contributed by atoms with E-state index < -0.39 is 11.8 Å². The van der Waals surface area contributed by atoms with E-state index in [1.807, 2.05) is 13.8 Å². The van der Waals surface area contributed by atoms with E-state index in [9.17, 15) is 18.0 Å². The molecule has 1 aromatic heterocycles. The molecule has 1 N–H and O–H groups in total. The average Bonchev–Trinajstić information content (AvgIpc) is 3.09. The summed E-state index contributed by atoms with van der Waals surface area (Å²) >= 11 is 0. The van der Waals surface area contributed by atoms with Gasteiger partial charge in [0.1, 0.15) is 0 Å². The maximum atomic E-state index is 13.4. The number of rotatable bonds is 3. The van der Waals surface area contributed by atoms with Crippen molar-refractivity contribution in [3.63, 3.8) is 0 Å². The molecule has 2 aromatic carbocycles. The fourth-order valence-corrected chi connectivity index (χ4v) is 4.02. The predicted octanol–water partition coefficient (Wildman–Crippen LogP) is 5.30. The Morgan fingerprint density at radius 1 is 1.20 bits per heavy atom. The summed E-state index contributed by atoms with van der Waals surface area (Å²) in [6, 6.07) is 10.1. The number of ketones is 1. The molecule has 0 unspecified atom stereocenters. The summed E-state index contributed by atoms with van der Waals surface area (Å²) in [4.78, 5) is 24.8. The number of aryl methyl sites for hydroxylation is 1. The Bertz CT molecular complexity index is 1230. The van der Waals surface area contributed by atoms with Crippen molar-refractivity contribution in [1.82, 2.24) is 4.98 Å². The number of fused-ring (bicyclic) bond motifs is 4. The van der Waals surface area contributed by atoms with Crippen molar-refractivity contribution >= 4 is 16.7 Å². The molecule has 0 fully saturated rings. The number of hydrogen-bond acceptors (Lipinski definition) is 4. The molecule has 0 amide bonds. The Kier molecular flexibility index (Phi) is 4.40. The summed E-state index contributed by atoms with van der Waals surface area (Å²) in [6.07, 6.45) is -4.60. The molecule has 8 heteroatoms. The van der Waals surface area contributed by atoms with Gasteiger partial charge < -0.3 is 9.87 Å². The third kappa shape index (κ3) is 3.02. The minimum absolute atomic E-state index is 0.0826. The molecular weight excluding hydrogens is 397 g/mol. The highest BCUT2D eigenvalue weighted by atomic mass is 19.4. The number of halogens is 3. The van der Waals surface area contributed by atoms with Crippen LogP contribution in [-0.4, -0.2) is 17.1 Å². The van der Waals surface area contributed by atoms with Gasteiger partial charge in [-0.1, -0.05) is 31.7 Å². The van der Waals surface area contributed by atoms with E-state index in [4.69, 9.17) is 5.26 Å². The first kappa shape index (κ1) is 20.0. The molecule has 0 atom stereocenters. The van der Waals surface area contributed by atoms with Crippen LogP contribution in [0.25, 0.3) is 10.9 Å². The molecule has 0 radical (unpaired) electrons. The van der Waals surface area contributed by atoms with E-state index in [0.717, 1.165) is 0 Å². The first-order valence-electron chi connectivity index (χ1n) is 9.27. The molecule has 1 heterocycles. The van der Waals surface area contributed by atoms with Crippen LogP contribution in [0, 0.1) is 11.3 Å². The molecule has 1 aliphatic carbocycles. The van der Waals surface area contributed by atoms with Crippen molar-refractivity contribution in [2.75, 3.05) is 0 Å². The van der Waals surface area contributed by atoms with E-state index in [2.05, 4.69) is 20.8 Å². The Hall–Kier alpha value is -3.31. The normalized spacial score (nSPS) is 14.9. The standard InChI is InChI=1S/C22H17F3N2O3/c1-4-12-8-14-15(9-17(12)29-30-22(23,24)25)21(2,3)20-18(19(14)28)13-6-5-11(10-26)7-16(13)27-20/h5-9,27H,4H2,1-3H3. The smallest absolute Gasteiger partial charge is 0.357 e. The molecule has 1 aliphatic rings. The number of aromatic nitrogens is 1. The molecule has 30 heavy (non-hydrogen) atoms. The number of hydrogen-bond donors (Lipinski definition) is 1. The van der Waals surface area contributed by atoms with E-state index in [-0.39, 0.29) is 11.5 Å². The Balaban J connectivity index is 1.91. The summed E-state index contributed by atoms with van der Waals surface area (Å²) < 4.78 is 37.4. The monoisotopic (exact) mass is 414 g/mol. The van der Waals surface area contributed by atoms with E-state index in [1.165, 1.54) is 6.07 Å². The highest BCUT2D eigenvalue weighted by molar-refractivity contribution is 6.20. The molecular formula is C22H17F3N2O3. The van der Waals surface area contributed by atoms with Crippen LogP contribution in [0.5, 0.6) is 5.75 Å². The fourth-order valence-electron chi connectivity index (χ4n) is 4.02. The average molecular weight is 414 g/mol.